The van der Waals surface area contributed by atoms with Gasteiger partial charge in [-0.15, -0.1) is 0 Å². The van der Waals surface area contributed by atoms with Crippen molar-refractivity contribution in [3.05, 3.63) is 48.6 Å². The van der Waals surface area contributed by atoms with Gasteiger partial charge in [0.15, 0.2) is 0 Å². The minimum Gasteiger partial charge on any atom is -0.299 e. The lowest BCUT2D eigenvalue weighted by Gasteiger charge is -2.08. The van der Waals surface area contributed by atoms with Gasteiger partial charge in [0.05, 0.1) is 5.92 Å². The molecule has 0 aliphatic heterocycles. The summed E-state index contributed by atoms with van der Waals surface area (Å²) in [4.78, 5) is 23.7. The van der Waals surface area contributed by atoms with Crippen molar-refractivity contribution in [2.24, 2.45) is 5.92 Å². The molecule has 0 amide bonds. The van der Waals surface area contributed by atoms with E-state index in [1.54, 1.807) is 0 Å². The second-order valence-electron chi connectivity index (χ2n) is 10.8. The first kappa shape index (κ1) is 36.3. The van der Waals surface area contributed by atoms with Crippen LogP contribution in [0.3, 0.4) is 0 Å². The molecule has 0 N–H and O–H groups in total. The standard InChI is InChI=1S/C36H61O2/c1-3-5-7-9-11-13-15-17-19-21-23-25-27-29-31-33-36(38)35(34-37)32-30-28-26-24-22-20-18-16-14-12-10-8-6-4-2/h6,8,12-15,18,20,35H,3-5,7,9-11,16-17,19,21-33H2,1-2H3/b8-6-,14-12-,15-13?,20-18-. The van der Waals surface area contributed by atoms with Gasteiger partial charge in [0.25, 0.3) is 0 Å². The number of Topliss-reactive ketones (excluding diaryl/α,β-unsaturated/α-hetero) is 1. The SMILES string of the molecule is CC/C=C\C/C=C\C/C=C\CCCCCCC([C]=O)C(=O)CCCCCCCCCC=CCCCCCC. The molecule has 0 bridgehead atoms. The van der Waals surface area contributed by atoms with Gasteiger partial charge in [-0.25, -0.2) is 0 Å². The molecule has 38 heavy (non-hydrogen) atoms. The van der Waals surface area contributed by atoms with E-state index in [0.29, 0.717) is 12.8 Å². The highest BCUT2D eigenvalue weighted by atomic mass is 16.1. The Morgan fingerprint density at radius 1 is 0.553 bits per heavy atom. The third-order valence-electron chi connectivity index (χ3n) is 7.11. The summed E-state index contributed by atoms with van der Waals surface area (Å²) in [6.45, 7) is 4.42. The lowest BCUT2D eigenvalue weighted by Crippen LogP contribution is -2.15. The molecule has 1 atom stereocenters. The number of carbonyl (C=O) groups excluding carboxylic acids is 2. The maximum Gasteiger partial charge on any atom is 0.209 e. The van der Waals surface area contributed by atoms with Crippen LogP contribution in [0.15, 0.2) is 48.6 Å². The van der Waals surface area contributed by atoms with Crippen LogP contribution in [0.25, 0.3) is 0 Å². The van der Waals surface area contributed by atoms with Crippen molar-refractivity contribution in [1.29, 1.82) is 0 Å². The van der Waals surface area contributed by atoms with Crippen molar-refractivity contribution in [3.8, 4) is 0 Å². The van der Waals surface area contributed by atoms with Crippen molar-refractivity contribution < 1.29 is 9.59 Å². The Balaban J connectivity index is 3.56. The molecule has 0 rings (SSSR count). The number of rotatable bonds is 29. The maximum atomic E-state index is 12.4. The van der Waals surface area contributed by atoms with Gasteiger partial charge < -0.3 is 0 Å². The zero-order valence-corrected chi connectivity index (χ0v) is 25.3. The molecule has 0 saturated carbocycles. The number of hydrogen-bond acceptors (Lipinski definition) is 2. The molecule has 2 nitrogen and oxygen atoms in total. The Bertz CT molecular complexity index is 625. The van der Waals surface area contributed by atoms with E-state index in [4.69, 9.17) is 0 Å². The van der Waals surface area contributed by atoms with Gasteiger partial charge in [-0.05, 0) is 70.6 Å². The Morgan fingerprint density at radius 3 is 1.55 bits per heavy atom. The van der Waals surface area contributed by atoms with E-state index in [2.05, 4.69) is 62.5 Å². The van der Waals surface area contributed by atoms with Crippen LogP contribution < -0.4 is 0 Å². The lowest BCUT2D eigenvalue weighted by atomic mass is 9.94. The maximum absolute atomic E-state index is 12.4. The van der Waals surface area contributed by atoms with E-state index >= 15 is 0 Å². The minimum absolute atomic E-state index is 0.114. The molecule has 0 heterocycles. The molecule has 0 fully saturated rings. The molecule has 1 unspecified atom stereocenters. The molecule has 2 heteroatoms. The number of ketones is 1. The molecule has 0 aliphatic rings. The first-order valence-corrected chi connectivity index (χ1v) is 16.3. The second-order valence-corrected chi connectivity index (χ2v) is 10.8. The fourth-order valence-electron chi connectivity index (χ4n) is 4.62. The smallest absolute Gasteiger partial charge is 0.209 e. The van der Waals surface area contributed by atoms with E-state index in [-0.39, 0.29) is 5.78 Å². The van der Waals surface area contributed by atoms with Gasteiger partial charge in [0.1, 0.15) is 5.78 Å². The fraction of sp³-hybridized carbons (Fsp3) is 0.722. The van der Waals surface area contributed by atoms with Crippen molar-refractivity contribution in [3.63, 3.8) is 0 Å². The van der Waals surface area contributed by atoms with Crippen molar-refractivity contribution >= 4 is 12.1 Å². The van der Waals surface area contributed by atoms with Gasteiger partial charge in [-0.2, -0.15) is 0 Å². The number of allylic oxidation sites excluding steroid dienone is 8. The normalized spacial score (nSPS) is 13.0. The van der Waals surface area contributed by atoms with Gasteiger partial charge in [-0.3, -0.25) is 9.59 Å². The molecular weight excluding hydrogens is 464 g/mol. The van der Waals surface area contributed by atoms with Crippen molar-refractivity contribution in [2.45, 2.75) is 162 Å². The third kappa shape index (κ3) is 27.3. The first-order valence-electron chi connectivity index (χ1n) is 16.3. The Morgan fingerprint density at radius 2 is 1.00 bits per heavy atom. The highest BCUT2D eigenvalue weighted by Crippen LogP contribution is 2.16. The molecular formula is C36H61O2. The van der Waals surface area contributed by atoms with Crippen LogP contribution in [0, 0.1) is 5.92 Å². The van der Waals surface area contributed by atoms with E-state index in [0.717, 1.165) is 57.8 Å². The molecule has 0 aromatic carbocycles. The van der Waals surface area contributed by atoms with Gasteiger partial charge in [-0.1, -0.05) is 133 Å². The zero-order chi connectivity index (χ0) is 27.8. The number of hydrogen-bond donors (Lipinski definition) is 0. The Labute approximate surface area is 237 Å². The van der Waals surface area contributed by atoms with E-state index in [1.165, 1.54) is 77.0 Å². The van der Waals surface area contributed by atoms with Crippen LogP contribution in [-0.4, -0.2) is 12.1 Å². The van der Waals surface area contributed by atoms with E-state index in [9.17, 15) is 9.59 Å². The summed E-state index contributed by atoms with van der Waals surface area (Å²) in [6, 6.07) is 0. The van der Waals surface area contributed by atoms with Crippen LogP contribution in [-0.2, 0) is 9.59 Å². The van der Waals surface area contributed by atoms with Crippen LogP contribution >= 0.6 is 0 Å². The molecule has 0 aliphatic carbocycles. The van der Waals surface area contributed by atoms with E-state index < -0.39 is 5.92 Å². The quantitative estimate of drug-likeness (QED) is 0.0552. The van der Waals surface area contributed by atoms with E-state index in [1.807, 2.05) is 6.29 Å². The summed E-state index contributed by atoms with van der Waals surface area (Å²) in [7, 11) is 0. The van der Waals surface area contributed by atoms with Crippen LogP contribution in [0.2, 0.25) is 0 Å². The van der Waals surface area contributed by atoms with Crippen molar-refractivity contribution in [2.75, 3.05) is 0 Å². The summed E-state index contributed by atoms with van der Waals surface area (Å²) < 4.78 is 0. The molecule has 217 valence electrons. The van der Waals surface area contributed by atoms with Crippen LogP contribution in [0.5, 0.6) is 0 Å². The van der Waals surface area contributed by atoms with Crippen molar-refractivity contribution in [1.82, 2.24) is 0 Å². The number of carbonyl (C=O) groups is 1. The van der Waals surface area contributed by atoms with Gasteiger partial charge in [0.2, 0.25) is 6.29 Å². The molecule has 0 spiro atoms. The van der Waals surface area contributed by atoms with Gasteiger partial charge >= 0.3 is 0 Å². The molecule has 1 radical (unpaired) electrons. The second kappa shape index (κ2) is 31.5. The summed E-state index contributed by atoms with van der Waals surface area (Å²) in [5.74, 6) is -0.379. The fourth-order valence-corrected chi connectivity index (χ4v) is 4.62. The average Bonchev–Trinajstić information content (AvgIpc) is 2.93. The minimum atomic E-state index is -0.492. The summed E-state index contributed by atoms with van der Waals surface area (Å²) >= 11 is 0. The van der Waals surface area contributed by atoms with Gasteiger partial charge in [0, 0.05) is 6.42 Å². The topological polar surface area (TPSA) is 34.1 Å². The number of unbranched alkanes of at least 4 members (excludes halogenated alkanes) is 15. The summed E-state index contributed by atoms with van der Waals surface area (Å²) in [5, 5.41) is 0. The lowest BCUT2D eigenvalue weighted by molar-refractivity contribution is -0.121. The highest BCUT2D eigenvalue weighted by molar-refractivity contribution is 5.93. The summed E-state index contributed by atoms with van der Waals surface area (Å²) in [6.07, 6.45) is 46.3. The molecule has 0 aromatic heterocycles. The van der Waals surface area contributed by atoms with Crippen LogP contribution in [0.1, 0.15) is 162 Å². The molecule has 0 aromatic rings. The summed E-state index contributed by atoms with van der Waals surface area (Å²) in [5.41, 5.74) is 0. The predicted molar refractivity (Wildman–Crippen MR) is 168 cm³/mol. The average molecular weight is 526 g/mol. The predicted octanol–water partition coefficient (Wildman–Crippen LogP) is 11.5. The first-order chi connectivity index (χ1) is 18.8. The largest absolute Gasteiger partial charge is 0.299 e. The molecule has 0 saturated heterocycles. The zero-order valence-electron chi connectivity index (χ0n) is 25.3. The Hall–Kier alpha value is -1.70. The third-order valence-corrected chi connectivity index (χ3v) is 7.11. The highest BCUT2D eigenvalue weighted by Gasteiger charge is 2.17. The Kier molecular flexibility index (Phi) is 30.1. The van der Waals surface area contributed by atoms with Crippen LogP contribution in [0.4, 0.5) is 0 Å². The monoisotopic (exact) mass is 525 g/mol.